The summed E-state index contributed by atoms with van der Waals surface area (Å²) in [5.74, 6) is -0.135. The van der Waals surface area contributed by atoms with Crippen LogP contribution in [0.25, 0.3) is 0 Å². The second kappa shape index (κ2) is 8.02. The Labute approximate surface area is 190 Å². The predicted octanol–water partition coefficient (Wildman–Crippen LogP) is 1.97. The van der Waals surface area contributed by atoms with Crippen LogP contribution in [0.15, 0.2) is 16.9 Å². The van der Waals surface area contributed by atoms with E-state index in [0.29, 0.717) is 60.9 Å². The fourth-order valence-corrected chi connectivity index (χ4v) is 5.46. The second-order valence-corrected chi connectivity index (χ2v) is 9.03. The molecular formula is C23H27FN5O4. The standard InChI is InChI=1S/C23H27FN5O4/c1-27-7-3-4-15-19(27)25-22(26-20(15)31)28-8-5-23(6-9-28)18-16(24)12-14(30)13-17(18)29(21(23)32)10-11-33-2/h12-13H,3-11H2,1-2H3,(H,25,26,31). The van der Waals surface area contributed by atoms with Crippen molar-refractivity contribution >= 4 is 23.4 Å². The minimum absolute atomic E-state index is 0.135. The van der Waals surface area contributed by atoms with Crippen molar-refractivity contribution in [3.05, 3.63) is 39.4 Å². The lowest BCUT2D eigenvalue weighted by Gasteiger charge is -2.39. The van der Waals surface area contributed by atoms with Gasteiger partial charge in [-0.05, 0) is 25.7 Å². The molecule has 0 saturated carbocycles. The van der Waals surface area contributed by atoms with Gasteiger partial charge in [-0.3, -0.25) is 19.7 Å². The van der Waals surface area contributed by atoms with E-state index in [1.807, 2.05) is 16.8 Å². The van der Waals surface area contributed by atoms with E-state index >= 15 is 4.39 Å². The lowest BCUT2D eigenvalue weighted by molar-refractivity contribution is -0.124. The number of hydrogen-bond donors (Lipinski definition) is 1. The third-order valence-electron chi connectivity index (χ3n) is 7.17. The van der Waals surface area contributed by atoms with Crippen molar-refractivity contribution < 1.29 is 19.0 Å². The van der Waals surface area contributed by atoms with Crippen molar-refractivity contribution in [1.82, 2.24) is 9.97 Å². The molecule has 2 aromatic rings. The first-order valence-electron chi connectivity index (χ1n) is 11.3. The van der Waals surface area contributed by atoms with Crippen molar-refractivity contribution in [2.45, 2.75) is 31.1 Å². The Bertz CT molecular complexity index is 1160. The molecule has 1 amide bonds. The molecule has 1 spiro atoms. The van der Waals surface area contributed by atoms with Gasteiger partial charge < -0.3 is 19.4 Å². The number of aromatic amines is 1. The maximum absolute atomic E-state index is 15.1. The van der Waals surface area contributed by atoms with Crippen LogP contribution in [-0.4, -0.2) is 62.8 Å². The highest BCUT2D eigenvalue weighted by Gasteiger charge is 2.54. The summed E-state index contributed by atoms with van der Waals surface area (Å²) in [5.41, 5.74) is 0.170. The number of nitrogens with one attached hydrogen (secondary N) is 1. The molecule has 3 aliphatic heterocycles. The number of ether oxygens (including phenoxy) is 1. The van der Waals surface area contributed by atoms with E-state index in [1.54, 1.807) is 0 Å². The summed E-state index contributed by atoms with van der Waals surface area (Å²) in [6.07, 6.45) is 2.33. The number of halogens is 1. The minimum atomic E-state index is -1.04. The Balaban J connectivity index is 1.46. The highest BCUT2D eigenvalue weighted by molar-refractivity contribution is 6.08. The first-order chi connectivity index (χ1) is 15.9. The normalized spacial score (nSPS) is 19.2. The Morgan fingerprint density at radius 1 is 1.21 bits per heavy atom. The number of H-pyrrole nitrogens is 1. The van der Waals surface area contributed by atoms with Crippen molar-refractivity contribution in [1.29, 1.82) is 0 Å². The SMILES string of the molecule is COCCN1C(=O)C2(CCN(c3nc4c(c(=O)[nH]3)CCCN4C)CC2)c2c(F)cc([O])cc21. The van der Waals surface area contributed by atoms with Gasteiger partial charge in [-0.15, -0.1) is 0 Å². The zero-order chi connectivity index (χ0) is 23.3. The highest BCUT2D eigenvalue weighted by Crippen LogP contribution is 2.50. The molecule has 5 rings (SSSR count). The molecule has 0 unspecified atom stereocenters. The maximum Gasteiger partial charge on any atom is 0.257 e. The Morgan fingerprint density at radius 2 is 1.97 bits per heavy atom. The Kier molecular flexibility index (Phi) is 5.27. The average molecular weight is 456 g/mol. The molecule has 1 saturated heterocycles. The molecule has 4 heterocycles. The molecule has 175 valence electrons. The van der Waals surface area contributed by atoms with Crippen LogP contribution in [-0.2, 0) is 26.5 Å². The number of amides is 1. The molecule has 9 nitrogen and oxygen atoms in total. The highest BCUT2D eigenvalue weighted by atomic mass is 19.1. The molecule has 0 bridgehead atoms. The van der Waals surface area contributed by atoms with E-state index < -0.39 is 17.0 Å². The number of piperidine rings is 1. The molecule has 3 aliphatic rings. The number of carbonyl (C=O) groups is 1. The topological polar surface area (TPSA) is 102 Å². The zero-order valence-corrected chi connectivity index (χ0v) is 18.8. The molecule has 1 fully saturated rings. The number of hydrogen-bond acceptors (Lipinski definition) is 6. The maximum atomic E-state index is 15.1. The van der Waals surface area contributed by atoms with Gasteiger partial charge in [0, 0.05) is 58.0 Å². The molecule has 0 atom stereocenters. The van der Waals surface area contributed by atoms with E-state index in [1.165, 1.54) is 18.1 Å². The summed E-state index contributed by atoms with van der Waals surface area (Å²) < 4.78 is 20.2. The van der Waals surface area contributed by atoms with Gasteiger partial charge in [0.25, 0.3) is 5.56 Å². The quantitative estimate of drug-likeness (QED) is 0.755. The monoisotopic (exact) mass is 456 g/mol. The second-order valence-electron chi connectivity index (χ2n) is 9.03. The van der Waals surface area contributed by atoms with E-state index in [4.69, 9.17) is 9.72 Å². The molecule has 0 aliphatic carbocycles. The fourth-order valence-electron chi connectivity index (χ4n) is 5.46. The van der Waals surface area contributed by atoms with Gasteiger partial charge in [-0.1, -0.05) is 0 Å². The van der Waals surface area contributed by atoms with Crippen molar-refractivity contribution in [3.63, 3.8) is 0 Å². The molecule has 1 radical (unpaired) electrons. The van der Waals surface area contributed by atoms with Gasteiger partial charge in [0.1, 0.15) is 11.6 Å². The fraction of sp³-hybridized carbons (Fsp3) is 0.522. The Morgan fingerprint density at radius 3 is 2.70 bits per heavy atom. The molecular weight excluding hydrogens is 429 g/mol. The number of carbonyl (C=O) groups excluding carboxylic acids is 1. The van der Waals surface area contributed by atoms with Crippen LogP contribution in [0.5, 0.6) is 5.75 Å². The van der Waals surface area contributed by atoms with Crippen LogP contribution < -0.4 is 20.3 Å². The van der Waals surface area contributed by atoms with Gasteiger partial charge in [-0.25, -0.2) is 4.39 Å². The van der Waals surface area contributed by atoms with Crippen LogP contribution >= 0.6 is 0 Å². The van der Waals surface area contributed by atoms with Gasteiger partial charge in [0.15, 0.2) is 5.75 Å². The summed E-state index contributed by atoms with van der Waals surface area (Å²) in [4.78, 5) is 39.2. The van der Waals surface area contributed by atoms with Crippen LogP contribution in [0, 0.1) is 5.82 Å². The summed E-state index contributed by atoms with van der Waals surface area (Å²) in [5, 5.41) is 12.0. The van der Waals surface area contributed by atoms with E-state index in [-0.39, 0.29) is 24.6 Å². The average Bonchev–Trinajstić information content (AvgIpc) is 3.01. The summed E-state index contributed by atoms with van der Waals surface area (Å²) in [6.45, 7) is 2.23. The zero-order valence-electron chi connectivity index (χ0n) is 18.8. The van der Waals surface area contributed by atoms with Crippen molar-refractivity contribution in [2.75, 3.05) is 61.6 Å². The lowest BCUT2D eigenvalue weighted by atomic mass is 9.73. The first-order valence-corrected chi connectivity index (χ1v) is 11.3. The third-order valence-corrected chi connectivity index (χ3v) is 7.17. The summed E-state index contributed by atoms with van der Waals surface area (Å²) in [6, 6.07) is 2.30. The number of aromatic nitrogens is 2. The smallest absolute Gasteiger partial charge is 0.257 e. The van der Waals surface area contributed by atoms with E-state index in [0.717, 1.165) is 19.0 Å². The van der Waals surface area contributed by atoms with Crippen LogP contribution in [0.3, 0.4) is 0 Å². The number of benzene rings is 1. The molecule has 1 aromatic carbocycles. The van der Waals surface area contributed by atoms with Crippen molar-refractivity contribution in [3.8, 4) is 5.75 Å². The summed E-state index contributed by atoms with van der Waals surface area (Å²) >= 11 is 0. The third kappa shape index (κ3) is 3.35. The van der Waals surface area contributed by atoms with Gasteiger partial charge >= 0.3 is 0 Å². The largest absolute Gasteiger partial charge is 0.383 e. The van der Waals surface area contributed by atoms with Crippen LogP contribution in [0.4, 0.5) is 21.8 Å². The number of anilines is 3. The van der Waals surface area contributed by atoms with Crippen molar-refractivity contribution in [2.24, 2.45) is 0 Å². The molecule has 33 heavy (non-hydrogen) atoms. The number of fused-ring (bicyclic) bond motifs is 3. The summed E-state index contributed by atoms with van der Waals surface area (Å²) in [7, 11) is 3.46. The number of nitrogens with zero attached hydrogens (tertiary/aromatic N) is 4. The van der Waals surface area contributed by atoms with E-state index in [2.05, 4.69) is 4.98 Å². The van der Waals surface area contributed by atoms with E-state index in [9.17, 15) is 14.7 Å². The Hall–Kier alpha value is -3.14. The number of methoxy groups -OCH3 is 1. The molecule has 1 N–H and O–H groups in total. The minimum Gasteiger partial charge on any atom is -0.383 e. The lowest BCUT2D eigenvalue weighted by Crippen LogP contribution is -2.50. The van der Waals surface area contributed by atoms with Crippen LogP contribution in [0.2, 0.25) is 0 Å². The first kappa shape index (κ1) is 21.7. The van der Waals surface area contributed by atoms with Crippen LogP contribution in [0.1, 0.15) is 30.4 Å². The molecule has 1 aromatic heterocycles. The van der Waals surface area contributed by atoms with Gasteiger partial charge in [0.05, 0.1) is 23.3 Å². The molecule has 10 heteroatoms. The number of rotatable bonds is 4. The predicted molar refractivity (Wildman–Crippen MR) is 120 cm³/mol. The van der Waals surface area contributed by atoms with Gasteiger partial charge in [-0.2, -0.15) is 4.98 Å². The van der Waals surface area contributed by atoms with Gasteiger partial charge in [0.2, 0.25) is 11.9 Å².